The largest absolute Gasteiger partial charge is 0.494 e. The number of carbonyl (C=O) groups is 1. The molecule has 0 aliphatic rings. The molecule has 0 bridgehead atoms. The van der Waals surface area contributed by atoms with Crippen LogP contribution in [0, 0.1) is 12.7 Å². The van der Waals surface area contributed by atoms with Crippen LogP contribution in [-0.4, -0.2) is 28.0 Å². The third-order valence-electron chi connectivity index (χ3n) is 3.90. The molecule has 2 aromatic carbocycles. The van der Waals surface area contributed by atoms with E-state index in [1.54, 1.807) is 26.0 Å². The summed E-state index contributed by atoms with van der Waals surface area (Å²) < 4.78 is 24.7. The number of rotatable bonds is 7. The number of hydrogen-bond acceptors (Lipinski definition) is 6. The first-order chi connectivity index (χ1) is 13.5. The number of carbonyl (C=O) groups excluding carboxylic acids is 1. The normalized spacial score (nSPS) is 11.9. The molecule has 1 heterocycles. The Bertz CT molecular complexity index is 960. The number of hydrogen-bond donors (Lipinski definition) is 1. The Morgan fingerprint density at radius 1 is 1.25 bits per heavy atom. The van der Waals surface area contributed by atoms with Crippen molar-refractivity contribution in [3.63, 3.8) is 0 Å². The van der Waals surface area contributed by atoms with Crippen LogP contribution in [0.25, 0.3) is 11.5 Å². The Morgan fingerprint density at radius 2 is 2.00 bits per heavy atom. The zero-order chi connectivity index (χ0) is 20.1. The third kappa shape index (κ3) is 4.89. The van der Waals surface area contributed by atoms with E-state index in [0.717, 1.165) is 23.1 Å². The van der Waals surface area contributed by atoms with Crippen LogP contribution in [0.4, 0.5) is 10.1 Å². The molecule has 0 saturated heterocycles. The van der Waals surface area contributed by atoms with E-state index >= 15 is 0 Å². The molecule has 0 unspecified atom stereocenters. The van der Waals surface area contributed by atoms with E-state index < -0.39 is 5.25 Å². The molecule has 0 spiro atoms. The van der Waals surface area contributed by atoms with Gasteiger partial charge in [0.25, 0.3) is 5.22 Å². The van der Waals surface area contributed by atoms with Gasteiger partial charge in [-0.15, -0.1) is 10.2 Å². The van der Waals surface area contributed by atoms with Crippen LogP contribution < -0.4 is 10.1 Å². The molecule has 0 saturated carbocycles. The van der Waals surface area contributed by atoms with Gasteiger partial charge in [-0.05, 0) is 62.7 Å². The van der Waals surface area contributed by atoms with Gasteiger partial charge in [-0.2, -0.15) is 0 Å². The van der Waals surface area contributed by atoms with Gasteiger partial charge in [0, 0.05) is 11.3 Å². The lowest BCUT2D eigenvalue weighted by atomic mass is 10.2. The van der Waals surface area contributed by atoms with E-state index in [2.05, 4.69) is 15.5 Å². The van der Waals surface area contributed by atoms with Gasteiger partial charge in [-0.1, -0.05) is 17.8 Å². The van der Waals surface area contributed by atoms with Crippen LogP contribution in [0.2, 0.25) is 0 Å². The van der Waals surface area contributed by atoms with Gasteiger partial charge in [0.05, 0.1) is 11.9 Å². The second-order valence-corrected chi connectivity index (χ2v) is 7.34. The van der Waals surface area contributed by atoms with Crippen molar-refractivity contribution >= 4 is 23.4 Å². The maximum absolute atomic E-state index is 13.6. The third-order valence-corrected chi connectivity index (χ3v) is 4.84. The van der Waals surface area contributed by atoms with Crippen molar-refractivity contribution in [2.45, 2.75) is 31.2 Å². The fourth-order valence-corrected chi connectivity index (χ4v) is 3.04. The van der Waals surface area contributed by atoms with Crippen LogP contribution >= 0.6 is 11.8 Å². The van der Waals surface area contributed by atoms with Gasteiger partial charge in [0.2, 0.25) is 11.8 Å². The first-order valence-corrected chi connectivity index (χ1v) is 9.64. The highest BCUT2D eigenvalue weighted by molar-refractivity contribution is 8.00. The molecule has 0 aliphatic heterocycles. The number of benzene rings is 2. The molecule has 3 rings (SSSR count). The summed E-state index contributed by atoms with van der Waals surface area (Å²) in [6.45, 7) is 5.89. The Balaban J connectivity index is 1.61. The molecule has 1 N–H and O–H groups in total. The van der Waals surface area contributed by atoms with Gasteiger partial charge < -0.3 is 14.5 Å². The lowest BCUT2D eigenvalue weighted by Crippen LogP contribution is -2.22. The molecule has 28 heavy (non-hydrogen) atoms. The quantitative estimate of drug-likeness (QED) is 0.578. The summed E-state index contributed by atoms with van der Waals surface area (Å²) in [6, 6.07) is 11.9. The summed E-state index contributed by atoms with van der Waals surface area (Å²) in [5.74, 6) is 0.473. The monoisotopic (exact) mass is 401 g/mol. The van der Waals surface area contributed by atoms with Crippen molar-refractivity contribution < 1.29 is 18.3 Å². The van der Waals surface area contributed by atoms with Crippen LogP contribution in [-0.2, 0) is 4.79 Å². The number of anilines is 1. The van der Waals surface area contributed by atoms with E-state index in [9.17, 15) is 9.18 Å². The highest BCUT2D eigenvalue weighted by atomic mass is 32.2. The molecule has 3 aromatic rings. The maximum atomic E-state index is 13.6. The van der Waals surface area contributed by atoms with E-state index in [-0.39, 0.29) is 16.9 Å². The van der Waals surface area contributed by atoms with Gasteiger partial charge in [0.15, 0.2) is 0 Å². The Labute approximate surface area is 166 Å². The molecule has 0 fully saturated rings. The molecule has 8 heteroatoms. The number of aromatic nitrogens is 2. The SMILES string of the molecule is CCOc1ccc(-c2nnc(S[C@@H](C)C(=O)Nc3ccc(C)c(F)c3)o2)cc1. The molecule has 1 amide bonds. The number of nitrogens with zero attached hydrogens (tertiary/aromatic N) is 2. The first-order valence-electron chi connectivity index (χ1n) is 8.76. The fourth-order valence-electron chi connectivity index (χ4n) is 2.35. The van der Waals surface area contributed by atoms with E-state index in [1.807, 2.05) is 31.2 Å². The summed E-state index contributed by atoms with van der Waals surface area (Å²) in [4.78, 5) is 12.3. The van der Waals surface area contributed by atoms with Crippen LogP contribution in [0.3, 0.4) is 0 Å². The zero-order valence-electron chi connectivity index (χ0n) is 15.7. The fraction of sp³-hybridized carbons (Fsp3) is 0.250. The smallest absolute Gasteiger partial charge is 0.277 e. The number of nitrogens with one attached hydrogen (secondary N) is 1. The average Bonchev–Trinajstić information content (AvgIpc) is 3.14. The average molecular weight is 401 g/mol. The van der Waals surface area contributed by atoms with Crippen molar-refractivity contribution in [1.29, 1.82) is 0 Å². The topological polar surface area (TPSA) is 77.2 Å². The minimum absolute atomic E-state index is 0.279. The Kier molecular flexibility index (Phi) is 6.30. The van der Waals surface area contributed by atoms with E-state index in [1.165, 1.54) is 6.07 Å². The van der Waals surface area contributed by atoms with Gasteiger partial charge in [-0.3, -0.25) is 4.79 Å². The number of amides is 1. The first kappa shape index (κ1) is 19.9. The maximum Gasteiger partial charge on any atom is 0.277 e. The molecular weight excluding hydrogens is 381 g/mol. The van der Waals surface area contributed by atoms with Gasteiger partial charge in [-0.25, -0.2) is 4.39 Å². The van der Waals surface area contributed by atoms with Crippen LogP contribution in [0.1, 0.15) is 19.4 Å². The minimum atomic E-state index is -0.502. The molecular formula is C20H20FN3O3S. The summed E-state index contributed by atoms with van der Waals surface area (Å²) in [5, 5.41) is 10.5. The van der Waals surface area contributed by atoms with E-state index in [4.69, 9.17) is 9.15 Å². The van der Waals surface area contributed by atoms with Crippen molar-refractivity contribution in [2.24, 2.45) is 0 Å². The van der Waals surface area contributed by atoms with Crippen LogP contribution in [0.5, 0.6) is 5.75 Å². The number of halogens is 1. The molecule has 1 atom stereocenters. The molecule has 146 valence electrons. The van der Waals surface area contributed by atoms with Crippen molar-refractivity contribution in [3.05, 3.63) is 53.8 Å². The van der Waals surface area contributed by atoms with E-state index in [0.29, 0.717) is 23.7 Å². The van der Waals surface area contributed by atoms with Crippen molar-refractivity contribution in [3.8, 4) is 17.2 Å². The summed E-state index contributed by atoms with van der Waals surface area (Å²) in [5.41, 5.74) is 1.68. The van der Waals surface area contributed by atoms with Crippen molar-refractivity contribution in [2.75, 3.05) is 11.9 Å². The zero-order valence-corrected chi connectivity index (χ0v) is 16.5. The highest BCUT2D eigenvalue weighted by Gasteiger charge is 2.19. The Hall–Kier alpha value is -2.87. The predicted octanol–water partition coefficient (Wildman–Crippen LogP) is 4.70. The summed E-state index contributed by atoms with van der Waals surface area (Å²) in [7, 11) is 0. The minimum Gasteiger partial charge on any atom is -0.494 e. The van der Waals surface area contributed by atoms with Gasteiger partial charge in [0.1, 0.15) is 11.6 Å². The standard InChI is InChI=1S/C20H20FN3O3S/c1-4-26-16-9-6-14(7-10-16)19-23-24-20(27-19)28-13(3)18(25)22-15-8-5-12(2)17(21)11-15/h5-11,13H,4H2,1-3H3,(H,22,25)/t13-/m0/s1. The summed E-state index contributed by atoms with van der Waals surface area (Å²) in [6.07, 6.45) is 0. The summed E-state index contributed by atoms with van der Waals surface area (Å²) >= 11 is 1.13. The number of ether oxygens (including phenoxy) is 1. The second-order valence-electron chi connectivity index (χ2n) is 6.04. The molecule has 1 aromatic heterocycles. The number of aryl methyl sites for hydroxylation is 1. The molecule has 6 nitrogen and oxygen atoms in total. The molecule has 0 aliphatic carbocycles. The lowest BCUT2D eigenvalue weighted by Gasteiger charge is -2.10. The van der Waals surface area contributed by atoms with Crippen LogP contribution in [0.15, 0.2) is 52.1 Å². The lowest BCUT2D eigenvalue weighted by molar-refractivity contribution is -0.115. The number of thioether (sulfide) groups is 1. The highest BCUT2D eigenvalue weighted by Crippen LogP contribution is 2.28. The van der Waals surface area contributed by atoms with Gasteiger partial charge >= 0.3 is 0 Å². The predicted molar refractivity (Wildman–Crippen MR) is 106 cm³/mol. The second kappa shape index (κ2) is 8.88. The Morgan fingerprint density at radius 3 is 2.68 bits per heavy atom. The van der Waals surface area contributed by atoms with Crippen molar-refractivity contribution in [1.82, 2.24) is 10.2 Å². The molecule has 0 radical (unpaired) electrons.